The Morgan fingerprint density at radius 3 is 2.64 bits per heavy atom. The normalized spacial score (nSPS) is 11.1. The minimum absolute atomic E-state index is 0.154. The lowest BCUT2D eigenvalue weighted by Crippen LogP contribution is -2.23. The van der Waals surface area contributed by atoms with Gasteiger partial charge in [0.1, 0.15) is 17.0 Å². The van der Waals surface area contributed by atoms with Crippen LogP contribution in [-0.2, 0) is 4.79 Å². The lowest BCUT2D eigenvalue weighted by molar-refractivity contribution is -0.118. The number of carbonyl (C=O) groups excluding carboxylic acids is 1. The average molecular weight is 484 g/mol. The SMILES string of the molecule is Cc1cccc(OCC(=O)Nc2cc(C)nn2-c2nc3c(cnn3-c3ccc(C)c(C)c3)c(=O)[nH]2)c1. The number of carbonyl (C=O) groups is 1. The van der Waals surface area contributed by atoms with Gasteiger partial charge in [0.2, 0.25) is 5.95 Å². The lowest BCUT2D eigenvalue weighted by atomic mass is 10.1. The molecule has 0 unspecified atom stereocenters. The van der Waals surface area contributed by atoms with E-state index in [4.69, 9.17) is 4.74 Å². The highest BCUT2D eigenvalue weighted by Gasteiger charge is 2.17. The molecule has 0 fully saturated rings. The Labute approximate surface area is 206 Å². The fraction of sp³-hybridized carbons (Fsp3) is 0.192. The number of benzene rings is 2. The third-order valence-corrected chi connectivity index (χ3v) is 5.82. The first-order valence-electron chi connectivity index (χ1n) is 11.4. The standard InChI is InChI=1S/C26H25N7O3/c1-15-6-5-7-20(10-15)36-14-23(34)28-22-12-18(4)31-33(22)26-29-24-21(25(35)30-26)13-27-32(24)19-9-8-16(2)17(3)11-19/h5-13H,14H2,1-4H3,(H,28,34)(H,29,30,35). The van der Waals surface area contributed by atoms with Gasteiger partial charge in [-0.05, 0) is 68.7 Å². The van der Waals surface area contributed by atoms with E-state index in [9.17, 15) is 9.59 Å². The summed E-state index contributed by atoms with van der Waals surface area (Å²) in [7, 11) is 0. The van der Waals surface area contributed by atoms with Gasteiger partial charge in [-0.2, -0.15) is 19.9 Å². The van der Waals surface area contributed by atoms with Crippen molar-refractivity contribution in [2.75, 3.05) is 11.9 Å². The number of aromatic amines is 1. The Morgan fingerprint density at radius 1 is 1.03 bits per heavy atom. The second-order valence-electron chi connectivity index (χ2n) is 8.69. The molecule has 0 aliphatic carbocycles. The third-order valence-electron chi connectivity index (χ3n) is 5.82. The zero-order valence-electron chi connectivity index (χ0n) is 20.4. The quantitative estimate of drug-likeness (QED) is 0.381. The number of aromatic nitrogens is 6. The molecule has 5 aromatic rings. The predicted octanol–water partition coefficient (Wildman–Crippen LogP) is 3.55. The molecule has 0 saturated carbocycles. The number of nitrogens with one attached hydrogen (secondary N) is 2. The van der Waals surface area contributed by atoms with Gasteiger partial charge in [-0.1, -0.05) is 18.2 Å². The van der Waals surface area contributed by atoms with Crippen molar-refractivity contribution < 1.29 is 9.53 Å². The van der Waals surface area contributed by atoms with Crippen LogP contribution in [0.3, 0.4) is 0 Å². The van der Waals surface area contributed by atoms with Crippen LogP contribution in [0.25, 0.3) is 22.7 Å². The van der Waals surface area contributed by atoms with Crippen molar-refractivity contribution in [1.29, 1.82) is 0 Å². The van der Waals surface area contributed by atoms with E-state index in [0.717, 1.165) is 22.4 Å². The Hall–Kier alpha value is -4.73. The van der Waals surface area contributed by atoms with Crippen molar-refractivity contribution in [2.24, 2.45) is 0 Å². The highest BCUT2D eigenvalue weighted by Crippen LogP contribution is 2.20. The summed E-state index contributed by atoms with van der Waals surface area (Å²) in [5.74, 6) is 0.735. The van der Waals surface area contributed by atoms with Gasteiger partial charge in [-0.3, -0.25) is 14.6 Å². The summed E-state index contributed by atoms with van der Waals surface area (Å²) in [6, 6.07) is 15.1. The minimum Gasteiger partial charge on any atom is -0.484 e. The largest absolute Gasteiger partial charge is 0.484 e. The van der Waals surface area contributed by atoms with Gasteiger partial charge in [0.15, 0.2) is 12.3 Å². The molecule has 0 radical (unpaired) electrons. The number of anilines is 1. The van der Waals surface area contributed by atoms with Crippen molar-refractivity contribution in [3.8, 4) is 17.4 Å². The molecule has 36 heavy (non-hydrogen) atoms. The molecule has 2 aromatic carbocycles. The molecular weight excluding hydrogens is 458 g/mol. The van der Waals surface area contributed by atoms with E-state index in [0.29, 0.717) is 28.3 Å². The van der Waals surface area contributed by atoms with Gasteiger partial charge in [0, 0.05) is 6.07 Å². The maximum absolute atomic E-state index is 12.9. The fourth-order valence-electron chi connectivity index (χ4n) is 3.84. The molecule has 0 bridgehead atoms. The molecule has 3 heterocycles. The summed E-state index contributed by atoms with van der Waals surface area (Å²) in [5, 5.41) is 11.9. The van der Waals surface area contributed by atoms with Crippen LogP contribution in [-0.4, -0.2) is 42.0 Å². The van der Waals surface area contributed by atoms with E-state index in [2.05, 4.69) is 25.5 Å². The van der Waals surface area contributed by atoms with Gasteiger partial charge in [-0.15, -0.1) is 0 Å². The molecule has 0 aliphatic rings. The number of hydrogen-bond donors (Lipinski definition) is 2. The second-order valence-corrected chi connectivity index (χ2v) is 8.69. The molecule has 10 nitrogen and oxygen atoms in total. The fourth-order valence-corrected chi connectivity index (χ4v) is 3.84. The number of H-pyrrole nitrogens is 1. The maximum Gasteiger partial charge on any atom is 0.263 e. The number of aryl methyl sites for hydroxylation is 4. The van der Waals surface area contributed by atoms with E-state index >= 15 is 0 Å². The highest BCUT2D eigenvalue weighted by molar-refractivity contribution is 5.91. The van der Waals surface area contributed by atoms with Gasteiger partial charge < -0.3 is 10.1 Å². The molecule has 0 aliphatic heterocycles. The summed E-state index contributed by atoms with van der Waals surface area (Å²) < 4.78 is 8.60. The van der Waals surface area contributed by atoms with E-state index < -0.39 is 0 Å². The minimum atomic E-state index is -0.374. The molecule has 0 saturated heterocycles. The van der Waals surface area contributed by atoms with Crippen LogP contribution in [0.2, 0.25) is 0 Å². The first-order valence-corrected chi connectivity index (χ1v) is 11.4. The number of amides is 1. The summed E-state index contributed by atoms with van der Waals surface area (Å²) in [6.45, 7) is 7.59. The molecule has 182 valence electrons. The maximum atomic E-state index is 12.9. The number of hydrogen-bond acceptors (Lipinski definition) is 6. The van der Waals surface area contributed by atoms with Gasteiger partial charge in [-0.25, -0.2) is 4.68 Å². The number of nitrogens with zero attached hydrogens (tertiary/aromatic N) is 5. The van der Waals surface area contributed by atoms with Gasteiger partial charge in [0.05, 0.1) is 17.6 Å². The van der Waals surface area contributed by atoms with Crippen molar-refractivity contribution in [3.63, 3.8) is 0 Å². The Balaban J connectivity index is 1.46. The summed E-state index contributed by atoms with van der Waals surface area (Å²) in [6.07, 6.45) is 1.49. The van der Waals surface area contributed by atoms with Crippen molar-refractivity contribution >= 4 is 22.8 Å². The Bertz CT molecular complexity index is 1660. The Kier molecular flexibility index (Phi) is 5.85. The summed E-state index contributed by atoms with van der Waals surface area (Å²) in [5.41, 5.74) is 4.73. The highest BCUT2D eigenvalue weighted by atomic mass is 16.5. The van der Waals surface area contributed by atoms with Crippen LogP contribution < -0.4 is 15.6 Å². The topological polar surface area (TPSA) is 120 Å². The number of ether oxygens (including phenoxy) is 1. The molecule has 2 N–H and O–H groups in total. The third kappa shape index (κ3) is 4.48. The summed E-state index contributed by atoms with van der Waals surface area (Å²) in [4.78, 5) is 32.9. The molecule has 3 aromatic heterocycles. The van der Waals surface area contributed by atoms with Crippen LogP contribution in [0.5, 0.6) is 5.75 Å². The van der Waals surface area contributed by atoms with Crippen molar-refractivity contribution in [3.05, 3.63) is 87.5 Å². The van der Waals surface area contributed by atoms with Crippen LogP contribution in [0, 0.1) is 27.7 Å². The molecule has 0 atom stereocenters. The first-order chi connectivity index (χ1) is 17.3. The molecule has 0 spiro atoms. The van der Waals surface area contributed by atoms with Gasteiger partial charge >= 0.3 is 0 Å². The predicted molar refractivity (Wildman–Crippen MR) is 136 cm³/mol. The first kappa shape index (κ1) is 23.0. The molecule has 5 rings (SSSR count). The summed E-state index contributed by atoms with van der Waals surface area (Å²) >= 11 is 0. The van der Waals surface area contributed by atoms with E-state index in [-0.39, 0.29) is 24.0 Å². The second kappa shape index (κ2) is 9.14. The number of fused-ring (bicyclic) bond motifs is 1. The molecule has 10 heteroatoms. The van der Waals surface area contributed by atoms with Crippen molar-refractivity contribution in [1.82, 2.24) is 29.5 Å². The monoisotopic (exact) mass is 483 g/mol. The van der Waals surface area contributed by atoms with Crippen LogP contribution >= 0.6 is 0 Å². The Morgan fingerprint density at radius 2 is 1.86 bits per heavy atom. The zero-order valence-corrected chi connectivity index (χ0v) is 20.4. The van der Waals surface area contributed by atoms with Crippen LogP contribution in [0.4, 0.5) is 5.82 Å². The van der Waals surface area contributed by atoms with Gasteiger partial charge in [0.25, 0.3) is 11.5 Å². The molecule has 1 amide bonds. The van der Waals surface area contributed by atoms with E-state index in [1.807, 2.05) is 57.2 Å². The smallest absolute Gasteiger partial charge is 0.263 e. The van der Waals surface area contributed by atoms with Crippen LogP contribution in [0.1, 0.15) is 22.4 Å². The number of rotatable bonds is 6. The van der Waals surface area contributed by atoms with E-state index in [1.54, 1.807) is 23.7 Å². The lowest BCUT2D eigenvalue weighted by Gasteiger charge is -2.10. The zero-order chi connectivity index (χ0) is 25.4. The van der Waals surface area contributed by atoms with E-state index in [1.165, 1.54) is 10.9 Å². The average Bonchev–Trinajstić information content (AvgIpc) is 3.43. The molecular formula is C26H25N7O3. The van der Waals surface area contributed by atoms with Crippen LogP contribution in [0.15, 0.2) is 59.5 Å². The van der Waals surface area contributed by atoms with Crippen molar-refractivity contribution in [2.45, 2.75) is 27.7 Å².